The number of hydrogen-bond donors (Lipinski definition) is 3. The average Bonchev–Trinajstić information content (AvgIpc) is 2.02. The van der Waals surface area contributed by atoms with Crippen molar-refractivity contribution in [2.75, 3.05) is 6.54 Å². The molecule has 4 heteroatoms. The van der Waals surface area contributed by atoms with Gasteiger partial charge >= 0.3 is 0 Å². The molecule has 0 bridgehead atoms. The maximum atomic E-state index is 9.30. The van der Waals surface area contributed by atoms with E-state index in [1.54, 1.807) is 12.1 Å². The summed E-state index contributed by atoms with van der Waals surface area (Å²) in [5, 5.41) is 9.30. The van der Waals surface area contributed by atoms with Gasteiger partial charge in [0.15, 0.2) is 0 Å². The molecule has 0 aliphatic heterocycles. The molecule has 14 heavy (non-hydrogen) atoms. The van der Waals surface area contributed by atoms with Gasteiger partial charge in [0.2, 0.25) is 0 Å². The summed E-state index contributed by atoms with van der Waals surface area (Å²) < 4.78 is 0. The Hall–Kier alpha value is -0.770. The zero-order valence-corrected chi connectivity index (χ0v) is 9.27. The van der Waals surface area contributed by atoms with Gasteiger partial charge in [0.25, 0.3) is 0 Å². The molecule has 3 nitrogen and oxygen atoms in total. The zero-order chi connectivity index (χ0) is 10.0. The number of nitrogens with two attached hydrogens (primary N) is 2. The molecule has 0 radical (unpaired) electrons. The SMILES string of the molecule is Cc1cc(O)cc(C)c1[C@H](N)CN.Cl. The van der Waals surface area contributed by atoms with Crippen LogP contribution in [0.25, 0.3) is 0 Å². The van der Waals surface area contributed by atoms with Crippen LogP contribution in [0.2, 0.25) is 0 Å². The van der Waals surface area contributed by atoms with E-state index < -0.39 is 0 Å². The fourth-order valence-corrected chi connectivity index (χ4v) is 1.65. The van der Waals surface area contributed by atoms with Crippen molar-refractivity contribution in [1.29, 1.82) is 0 Å². The minimum absolute atomic E-state index is 0. The summed E-state index contributed by atoms with van der Waals surface area (Å²) in [7, 11) is 0. The van der Waals surface area contributed by atoms with Gasteiger partial charge in [0.1, 0.15) is 5.75 Å². The van der Waals surface area contributed by atoms with Gasteiger partial charge in [-0.3, -0.25) is 0 Å². The molecule has 1 atom stereocenters. The maximum Gasteiger partial charge on any atom is 0.116 e. The molecule has 1 aromatic carbocycles. The van der Waals surface area contributed by atoms with E-state index in [1.165, 1.54) is 0 Å². The lowest BCUT2D eigenvalue weighted by Crippen LogP contribution is -2.22. The fourth-order valence-electron chi connectivity index (χ4n) is 1.65. The van der Waals surface area contributed by atoms with Crippen LogP contribution in [0.5, 0.6) is 5.75 Å². The summed E-state index contributed by atoms with van der Waals surface area (Å²) in [4.78, 5) is 0. The Kier molecular flexibility index (Phi) is 4.91. The maximum absolute atomic E-state index is 9.30. The van der Waals surface area contributed by atoms with Crippen LogP contribution in [-0.4, -0.2) is 11.7 Å². The first-order valence-electron chi connectivity index (χ1n) is 4.32. The van der Waals surface area contributed by atoms with Gasteiger partial charge in [0, 0.05) is 12.6 Å². The van der Waals surface area contributed by atoms with Crippen molar-refractivity contribution < 1.29 is 5.11 Å². The van der Waals surface area contributed by atoms with E-state index in [0.717, 1.165) is 16.7 Å². The molecule has 0 saturated carbocycles. The second kappa shape index (κ2) is 5.20. The van der Waals surface area contributed by atoms with Gasteiger partial charge in [-0.2, -0.15) is 0 Å². The van der Waals surface area contributed by atoms with Crippen molar-refractivity contribution in [3.8, 4) is 5.75 Å². The smallest absolute Gasteiger partial charge is 0.116 e. The van der Waals surface area contributed by atoms with Crippen LogP contribution in [-0.2, 0) is 0 Å². The van der Waals surface area contributed by atoms with Gasteiger partial charge in [-0.15, -0.1) is 12.4 Å². The van der Waals surface area contributed by atoms with Gasteiger partial charge in [-0.05, 0) is 42.7 Å². The monoisotopic (exact) mass is 216 g/mol. The normalized spacial score (nSPS) is 12.0. The summed E-state index contributed by atoms with van der Waals surface area (Å²) >= 11 is 0. The number of rotatable bonds is 2. The lowest BCUT2D eigenvalue weighted by Gasteiger charge is -2.15. The van der Waals surface area contributed by atoms with Crippen LogP contribution in [0.4, 0.5) is 0 Å². The molecular formula is C10H17ClN2O. The molecule has 0 aliphatic rings. The van der Waals surface area contributed by atoms with Crippen molar-refractivity contribution in [2.45, 2.75) is 19.9 Å². The largest absolute Gasteiger partial charge is 0.508 e. The molecule has 0 spiro atoms. The highest BCUT2D eigenvalue weighted by atomic mass is 35.5. The number of halogens is 1. The Balaban J connectivity index is 0.00000169. The molecule has 0 aliphatic carbocycles. The topological polar surface area (TPSA) is 72.3 Å². The average molecular weight is 217 g/mol. The predicted molar refractivity (Wildman–Crippen MR) is 60.8 cm³/mol. The molecular weight excluding hydrogens is 200 g/mol. The highest BCUT2D eigenvalue weighted by molar-refractivity contribution is 5.85. The van der Waals surface area contributed by atoms with Gasteiger partial charge in [-0.25, -0.2) is 0 Å². The molecule has 0 fully saturated rings. The highest BCUT2D eigenvalue weighted by Gasteiger charge is 2.10. The van der Waals surface area contributed by atoms with Crippen LogP contribution >= 0.6 is 12.4 Å². The lowest BCUT2D eigenvalue weighted by molar-refractivity contribution is 0.473. The number of hydrogen-bond acceptors (Lipinski definition) is 3. The molecule has 0 aromatic heterocycles. The Morgan fingerprint density at radius 2 is 1.71 bits per heavy atom. The number of phenols is 1. The third-order valence-corrected chi connectivity index (χ3v) is 2.20. The first-order chi connectivity index (χ1) is 6.06. The summed E-state index contributed by atoms with van der Waals surface area (Å²) in [5.74, 6) is 0.281. The Morgan fingerprint density at radius 1 is 1.29 bits per heavy atom. The summed E-state index contributed by atoms with van der Waals surface area (Å²) in [5.41, 5.74) is 14.4. The van der Waals surface area contributed by atoms with Crippen molar-refractivity contribution >= 4 is 12.4 Å². The summed E-state index contributed by atoms with van der Waals surface area (Å²) in [6.45, 7) is 4.28. The predicted octanol–water partition coefficient (Wildman–Crippen LogP) is 1.39. The second-order valence-electron chi connectivity index (χ2n) is 3.34. The molecule has 80 valence electrons. The molecule has 0 amide bonds. The number of aryl methyl sites for hydroxylation is 2. The molecule has 0 saturated heterocycles. The van der Waals surface area contributed by atoms with Gasteiger partial charge < -0.3 is 16.6 Å². The highest BCUT2D eigenvalue weighted by Crippen LogP contribution is 2.24. The van der Waals surface area contributed by atoms with E-state index in [1.807, 2.05) is 13.8 Å². The van der Waals surface area contributed by atoms with Crippen molar-refractivity contribution in [3.05, 3.63) is 28.8 Å². The first-order valence-corrected chi connectivity index (χ1v) is 4.32. The van der Waals surface area contributed by atoms with Crippen LogP contribution in [0.3, 0.4) is 0 Å². The molecule has 1 aromatic rings. The van der Waals surface area contributed by atoms with Gasteiger partial charge in [0.05, 0.1) is 0 Å². The van der Waals surface area contributed by atoms with Crippen molar-refractivity contribution in [3.63, 3.8) is 0 Å². The van der Waals surface area contributed by atoms with E-state index in [4.69, 9.17) is 11.5 Å². The fraction of sp³-hybridized carbons (Fsp3) is 0.400. The van der Waals surface area contributed by atoms with E-state index in [0.29, 0.717) is 6.54 Å². The molecule has 0 heterocycles. The van der Waals surface area contributed by atoms with E-state index >= 15 is 0 Å². The first kappa shape index (κ1) is 13.2. The molecule has 5 N–H and O–H groups in total. The minimum atomic E-state index is -0.138. The van der Waals surface area contributed by atoms with Gasteiger partial charge in [-0.1, -0.05) is 0 Å². The summed E-state index contributed by atoms with van der Waals surface area (Å²) in [6, 6.07) is 3.27. The van der Waals surface area contributed by atoms with Crippen LogP contribution < -0.4 is 11.5 Å². The van der Waals surface area contributed by atoms with Crippen molar-refractivity contribution in [2.24, 2.45) is 11.5 Å². The van der Waals surface area contributed by atoms with E-state index in [9.17, 15) is 5.11 Å². The third kappa shape index (κ3) is 2.61. The molecule has 1 rings (SSSR count). The minimum Gasteiger partial charge on any atom is -0.508 e. The standard InChI is InChI=1S/C10H16N2O.ClH/c1-6-3-8(13)4-7(2)10(6)9(12)5-11;/h3-4,9,13H,5,11-12H2,1-2H3;1H/t9-;/m1./s1. The Labute approximate surface area is 90.5 Å². The van der Waals surface area contributed by atoms with Crippen LogP contribution in [0, 0.1) is 13.8 Å². The second-order valence-corrected chi connectivity index (χ2v) is 3.34. The lowest BCUT2D eigenvalue weighted by atomic mass is 9.96. The van der Waals surface area contributed by atoms with E-state index in [2.05, 4.69) is 0 Å². The molecule has 0 unspecified atom stereocenters. The quantitative estimate of drug-likeness (QED) is 0.700. The Morgan fingerprint density at radius 3 is 2.07 bits per heavy atom. The Bertz CT molecular complexity index is 292. The number of benzene rings is 1. The summed E-state index contributed by atoms with van der Waals surface area (Å²) in [6.07, 6.45) is 0. The zero-order valence-electron chi connectivity index (χ0n) is 8.45. The number of aromatic hydroxyl groups is 1. The third-order valence-electron chi connectivity index (χ3n) is 2.20. The number of phenolic OH excluding ortho intramolecular Hbond substituents is 1. The van der Waals surface area contributed by atoms with Crippen LogP contribution in [0.1, 0.15) is 22.7 Å². The van der Waals surface area contributed by atoms with E-state index in [-0.39, 0.29) is 24.2 Å². The van der Waals surface area contributed by atoms with Crippen molar-refractivity contribution in [1.82, 2.24) is 0 Å². The van der Waals surface area contributed by atoms with Crippen LogP contribution in [0.15, 0.2) is 12.1 Å².